The number of nitrogens with zero attached hydrogens (tertiary/aromatic N) is 6. The molecule has 3 aromatic carbocycles. The van der Waals surface area contributed by atoms with Gasteiger partial charge in [0, 0.05) is 113 Å². The number of para-hydroxylation sites is 2. The molecule has 2 aromatic heterocycles. The molecule has 17 amide bonds. The number of aliphatic hydroxyl groups is 1. The lowest BCUT2D eigenvalue weighted by Gasteiger charge is -2.36. The first-order valence-electron chi connectivity index (χ1n) is 45.7. The molecule has 9 rings (SSSR count). The number of H-pyrrole nitrogens is 2. The summed E-state index contributed by atoms with van der Waals surface area (Å²) in [5.41, 5.74) is 14.7. The fourth-order valence-electron chi connectivity index (χ4n) is 17.1. The van der Waals surface area contributed by atoms with Gasteiger partial charge in [-0.15, -0.1) is 0 Å². The summed E-state index contributed by atoms with van der Waals surface area (Å²) < 4.78 is 0. The van der Waals surface area contributed by atoms with Crippen molar-refractivity contribution >= 4 is 128 Å². The Labute approximate surface area is 772 Å². The number of rotatable bonds is 23. The Kier molecular flexibility index (Phi) is 38.5. The zero-order chi connectivity index (χ0) is 97.0. The van der Waals surface area contributed by atoms with Gasteiger partial charge in [-0.25, -0.2) is 0 Å². The van der Waals surface area contributed by atoms with Crippen LogP contribution in [-0.4, -0.2) is 296 Å². The second-order valence-corrected chi connectivity index (χ2v) is 35.7. The highest BCUT2D eigenvalue weighted by molar-refractivity contribution is 6.02. The number of nitrogens with two attached hydrogens (primary N) is 2. The first-order valence-corrected chi connectivity index (χ1v) is 45.7. The van der Waals surface area contributed by atoms with Crippen LogP contribution in [0.15, 0.2) is 102 Å². The summed E-state index contributed by atoms with van der Waals surface area (Å²) in [5.74, 6) is -15.1. The molecule has 0 radical (unpaired) electrons. The van der Waals surface area contributed by atoms with Crippen molar-refractivity contribution in [3.05, 3.63) is 114 Å². The van der Waals surface area contributed by atoms with Crippen LogP contribution in [0.1, 0.15) is 168 Å². The minimum Gasteiger partial charge on any atom is -0.508 e. The lowest BCUT2D eigenvalue weighted by Crippen LogP contribution is -2.60. The van der Waals surface area contributed by atoms with Crippen molar-refractivity contribution in [2.24, 2.45) is 28.3 Å². The normalized spacial score (nSPS) is 25.1. The summed E-state index contributed by atoms with van der Waals surface area (Å²) >= 11 is 0. The van der Waals surface area contributed by atoms with Crippen molar-refractivity contribution in [1.29, 1.82) is 0 Å². The molecule has 3 fully saturated rings. The number of phenols is 1. The summed E-state index contributed by atoms with van der Waals surface area (Å²) in [7, 11) is 4.09. The summed E-state index contributed by atoms with van der Waals surface area (Å²) in [5, 5.41) is 53.1. The molecule has 0 spiro atoms. The Hall–Kier alpha value is -13.1. The number of nitrogens with one attached hydrogen (secondary N) is 13. The van der Waals surface area contributed by atoms with Crippen molar-refractivity contribution in [1.82, 2.24) is 93.0 Å². The highest BCUT2D eigenvalue weighted by atomic mass is 16.3. The van der Waals surface area contributed by atoms with E-state index in [9.17, 15) is 58.2 Å². The minimum atomic E-state index is -1.73. The molecule has 40 heteroatoms. The van der Waals surface area contributed by atoms with Crippen molar-refractivity contribution in [3.63, 3.8) is 0 Å². The van der Waals surface area contributed by atoms with E-state index in [0.29, 0.717) is 69.8 Å². The van der Waals surface area contributed by atoms with Crippen molar-refractivity contribution in [3.8, 4) is 5.75 Å². The van der Waals surface area contributed by atoms with Crippen LogP contribution in [0.4, 0.5) is 0 Å². The summed E-state index contributed by atoms with van der Waals surface area (Å²) in [6.07, 6.45) is 5.76. The van der Waals surface area contributed by atoms with Gasteiger partial charge in [0.05, 0.1) is 32.2 Å². The number of aromatic hydroxyl groups is 1. The molecule has 5 aromatic rings. The number of carbonyl (C=O) groups excluding carboxylic acids is 17. The van der Waals surface area contributed by atoms with E-state index >= 15 is 33.6 Å². The SMILES string of the molecule is CCCC[C@H]1C(=O)N(C)[C@@H](CCCC)C(=O)N[C@@H](CC(C)C)C(=O)N[C@H](C(=O)NCC(N)=O)CCCNCC(=O)N[C@@H](Cc2ccc(O)cc2)C(=O)N(C)[C@@H](C)C(=O)N[C@@H](CC(N)=O)C(=O)N2CCC[C@H]2C(=O)N[C@@H](CC2=CN=CC2)C(=O)N[C@@H](CC(C)C)C(=O)N2C[C@H](O)C[C@H]2C(=O)N[C@@H](Cc2c[nH]c3ccccc23)C(=O)NCC(=O)N[C@@H](Cc2c[nH]c3ccccc23)C(=O)N1C. The Bertz CT molecular complexity index is 5070. The number of aromatic nitrogens is 2. The van der Waals surface area contributed by atoms with Gasteiger partial charge in [0.15, 0.2) is 0 Å². The fourth-order valence-corrected chi connectivity index (χ4v) is 17.1. The minimum absolute atomic E-state index is 0.00628. The molecule has 3 saturated heterocycles. The predicted octanol–water partition coefficient (Wildman–Crippen LogP) is -0.0876. The molecule has 6 heterocycles. The number of unbranched alkanes of at least 4 members (excludes halogenated alkanes) is 2. The fraction of sp³-hybridized carbons (Fsp3) is 0.548. The van der Waals surface area contributed by atoms with E-state index < -0.39 is 218 Å². The number of phenolic OH excluding ortho intramolecular Hbond substituents is 1. The van der Waals surface area contributed by atoms with E-state index in [0.717, 1.165) is 14.7 Å². The van der Waals surface area contributed by atoms with Crippen LogP contribution in [-0.2, 0) is 101 Å². The number of aliphatic hydroxyl groups excluding tert-OH is 1. The number of aromatic amines is 2. The number of primary amides is 2. The lowest BCUT2D eigenvalue weighted by atomic mass is 9.99. The second-order valence-electron chi connectivity index (χ2n) is 35.7. The van der Waals surface area contributed by atoms with Crippen LogP contribution in [0, 0.1) is 11.8 Å². The average molecular weight is 1850 g/mol. The van der Waals surface area contributed by atoms with E-state index in [4.69, 9.17) is 11.5 Å². The van der Waals surface area contributed by atoms with Crippen LogP contribution in [0.3, 0.4) is 0 Å². The first-order chi connectivity index (χ1) is 63.3. The Morgan fingerprint density at radius 1 is 0.526 bits per heavy atom. The number of carbonyl (C=O) groups is 17. The van der Waals surface area contributed by atoms with Gasteiger partial charge in [-0.1, -0.05) is 116 Å². The van der Waals surface area contributed by atoms with E-state index in [1.165, 1.54) is 68.3 Å². The van der Waals surface area contributed by atoms with Gasteiger partial charge in [-0.3, -0.25) is 86.5 Å². The van der Waals surface area contributed by atoms with Crippen molar-refractivity contribution in [2.45, 2.75) is 255 Å². The molecular weight excluding hydrogens is 1720 g/mol. The number of amides is 17. The summed E-state index contributed by atoms with van der Waals surface area (Å²) in [6, 6.07) is 1.62. The standard InChI is InChI=1S/C93H131N21O19/c1-11-13-26-73-86(126)105-66(37-52(3)4)84(124)104-65(82(122)100-48-78(95)118)25-19-34-96-49-79(119)102-70(39-55-29-31-59(115)32-30-55)89(129)110(8)54(7)81(121)108-72(44-77(94)117)91(131)113-36-20-28-74(113)87(127)106-67(40-56-33-35-97-45-56)85(125)109-69(38-53(5)6)92(132)114-51-60(116)43-76(114)88(128)107-68(41-57-46-98-63-23-17-15-21-61(57)63)83(123)101-50-80(120)103-71(42-58-47-99-64-24-18-16-22-62(58)64)90(130)112(10)75(27-14-12-2)93(133)111(73)9/h15-18,21-24,29-32,35,45-47,52-54,60,65-76,96,98-99,115-116H,11-14,19-20,25-28,33-34,36-44,48-51H2,1-10H3,(H2,94,117)(H2,95,118)(H,100,122)(H,101,123)(H,102,119)(H,103,120)(H,104,124)(H,105,126)(H,106,127)(H,107,128)(H,108,121)(H,109,125)/t54-,60+,65-,66-,67-,68-,69-,70-,71-,72-,73-,74-,75-,76-/m0/s1. The van der Waals surface area contributed by atoms with Crippen LogP contribution in [0.2, 0.25) is 0 Å². The molecule has 133 heavy (non-hydrogen) atoms. The number of benzene rings is 3. The molecule has 40 nitrogen and oxygen atoms in total. The molecular formula is C93H131N21O19. The van der Waals surface area contributed by atoms with Crippen LogP contribution in [0.5, 0.6) is 5.75 Å². The lowest BCUT2D eigenvalue weighted by molar-refractivity contribution is -0.149. The maximum atomic E-state index is 15.6. The highest BCUT2D eigenvalue weighted by Gasteiger charge is 2.47. The molecule has 0 saturated carbocycles. The van der Waals surface area contributed by atoms with Crippen LogP contribution < -0.4 is 70.0 Å². The number of hydrogen-bond donors (Lipinski definition) is 17. The van der Waals surface area contributed by atoms with Crippen LogP contribution >= 0.6 is 0 Å². The molecule has 4 aliphatic rings. The van der Waals surface area contributed by atoms with Gasteiger partial charge < -0.3 is 115 Å². The number of hydrogen-bond acceptors (Lipinski definition) is 21. The number of likely N-dealkylation sites (N-methyl/N-ethyl adjacent to an activating group) is 3. The highest BCUT2D eigenvalue weighted by Crippen LogP contribution is 2.29. The van der Waals surface area contributed by atoms with E-state index in [-0.39, 0.29) is 121 Å². The van der Waals surface area contributed by atoms with E-state index in [1.807, 2.05) is 32.0 Å². The third kappa shape index (κ3) is 29.2. The van der Waals surface area contributed by atoms with Gasteiger partial charge in [0.1, 0.15) is 84.3 Å². The van der Waals surface area contributed by atoms with Gasteiger partial charge in [0.2, 0.25) is 100 Å². The van der Waals surface area contributed by atoms with Gasteiger partial charge in [-0.05, 0) is 130 Å². The second kappa shape index (κ2) is 49.4. The average Bonchev–Trinajstić information content (AvgIpc) is 1.69. The molecule has 0 aliphatic carbocycles. The largest absolute Gasteiger partial charge is 0.508 e. The topological polar surface area (TPSA) is 575 Å². The van der Waals surface area contributed by atoms with Gasteiger partial charge in [0.25, 0.3) is 0 Å². The number of fused-ring (bicyclic) bond motifs is 4. The third-order valence-electron chi connectivity index (χ3n) is 24.5. The van der Waals surface area contributed by atoms with Gasteiger partial charge >= 0.3 is 0 Å². The molecule has 19 N–H and O–H groups in total. The van der Waals surface area contributed by atoms with Crippen molar-refractivity contribution < 1.29 is 91.7 Å². The Balaban J connectivity index is 1.06. The Morgan fingerprint density at radius 3 is 1.66 bits per heavy atom. The monoisotopic (exact) mass is 1850 g/mol. The molecule has 4 aliphatic heterocycles. The smallest absolute Gasteiger partial charge is 0.246 e. The van der Waals surface area contributed by atoms with Crippen LogP contribution in [0.25, 0.3) is 21.8 Å². The predicted molar refractivity (Wildman–Crippen MR) is 492 cm³/mol. The Morgan fingerprint density at radius 2 is 1.06 bits per heavy atom. The van der Waals surface area contributed by atoms with Gasteiger partial charge in [-0.2, -0.15) is 0 Å². The van der Waals surface area contributed by atoms with E-state index in [1.54, 1.807) is 76.6 Å². The van der Waals surface area contributed by atoms with E-state index in [2.05, 4.69) is 73.4 Å². The summed E-state index contributed by atoms with van der Waals surface area (Å²) in [6.45, 7) is 9.88. The third-order valence-corrected chi connectivity index (χ3v) is 24.5. The molecule has 0 unspecified atom stereocenters. The zero-order valence-electron chi connectivity index (χ0n) is 77.3. The first kappa shape index (κ1) is 104. The molecule has 0 bridgehead atoms. The van der Waals surface area contributed by atoms with Crippen molar-refractivity contribution in [2.75, 3.05) is 60.4 Å². The zero-order valence-corrected chi connectivity index (χ0v) is 77.3. The molecule has 14 atom stereocenters. The maximum absolute atomic E-state index is 15.6. The molecule has 722 valence electrons. The maximum Gasteiger partial charge on any atom is 0.246 e. The summed E-state index contributed by atoms with van der Waals surface area (Å²) in [4.78, 5) is 265. The quantitative estimate of drug-likeness (QED) is 0.0406. The number of aliphatic imine (C=N–C) groups is 1.